The third-order valence-electron chi connectivity index (χ3n) is 3.41. The first-order chi connectivity index (χ1) is 10.7. The van der Waals surface area contributed by atoms with Gasteiger partial charge in [-0.3, -0.25) is 4.79 Å². The average Bonchev–Trinajstić information content (AvgIpc) is 2.55. The van der Waals surface area contributed by atoms with Gasteiger partial charge in [0.2, 0.25) is 0 Å². The molecule has 1 fully saturated rings. The van der Waals surface area contributed by atoms with Crippen LogP contribution in [0.15, 0.2) is 45.6 Å². The van der Waals surface area contributed by atoms with Gasteiger partial charge in [-0.1, -0.05) is 18.2 Å². The van der Waals surface area contributed by atoms with Crippen LogP contribution in [0.3, 0.4) is 0 Å². The standard InChI is InChI=1S/C17H16FNO3/c18-14-4-1-13(2-5-14)3-6-16-11-15(20)12-17(22-16)19-7-9-21-10-8-19/h1-6,11-12H,7-10H2/b6-3+. The van der Waals surface area contributed by atoms with Crippen molar-refractivity contribution in [3.8, 4) is 0 Å². The van der Waals surface area contributed by atoms with E-state index in [1.807, 2.05) is 4.90 Å². The van der Waals surface area contributed by atoms with Crippen molar-refractivity contribution in [2.45, 2.75) is 0 Å². The molecule has 0 saturated carbocycles. The number of halogens is 1. The molecule has 1 saturated heterocycles. The topological polar surface area (TPSA) is 42.7 Å². The molecule has 1 aliphatic heterocycles. The Balaban J connectivity index is 1.82. The van der Waals surface area contributed by atoms with Crippen LogP contribution in [0.2, 0.25) is 0 Å². The summed E-state index contributed by atoms with van der Waals surface area (Å²) in [6.45, 7) is 2.65. The highest BCUT2D eigenvalue weighted by atomic mass is 19.1. The summed E-state index contributed by atoms with van der Waals surface area (Å²) in [4.78, 5) is 13.8. The van der Waals surface area contributed by atoms with Gasteiger partial charge in [-0.15, -0.1) is 0 Å². The maximum Gasteiger partial charge on any atom is 0.200 e. The molecule has 5 heteroatoms. The quantitative estimate of drug-likeness (QED) is 0.874. The van der Waals surface area contributed by atoms with Crippen molar-refractivity contribution in [3.05, 3.63) is 63.8 Å². The van der Waals surface area contributed by atoms with Crippen LogP contribution in [0.4, 0.5) is 10.3 Å². The van der Waals surface area contributed by atoms with E-state index in [9.17, 15) is 9.18 Å². The van der Waals surface area contributed by atoms with Crippen molar-refractivity contribution < 1.29 is 13.5 Å². The smallest absolute Gasteiger partial charge is 0.200 e. The van der Waals surface area contributed by atoms with Gasteiger partial charge in [-0.25, -0.2) is 4.39 Å². The molecule has 0 unspecified atom stereocenters. The first kappa shape index (κ1) is 14.5. The Hall–Kier alpha value is -2.40. The molecule has 0 N–H and O–H groups in total. The number of benzene rings is 1. The predicted octanol–water partition coefficient (Wildman–Crippen LogP) is 2.79. The molecule has 0 aliphatic carbocycles. The molecule has 0 atom stereocenters. The summed E-state index contributed by atoms with van der Waals surface area (Å²) >= 11 is 0. The number of anilines is 1. The number of ether oxygens (including phenoxy) is 1. The first-order valence-corrected chi connectivity index (χ1v) is 7.12. The van der Waals surface area contributed by atoms with Crippen LogP contribution in [0.1, 0.15) is 11.3 Å². The van der Waals surface area contributed by atoms with Crippen molar-refractivity contribution in [2.24, 2.45) is 0 Å². The van der Waals surface area contributed by atoms with Crippen LogP contribution >= 0.6 is 0 Å². The van der Waals surface area contributed by atoms with Gasteiger partial charge < -0.3 is 14.1 Å². The van der Waals surface area contributed by atoms with Crippen molar-refractivity contribution in [2.75, 3.05) is 31.2 Å². The third-order valence-corrected chi connectivity index (χ3v) is 3.41. The van der Waals surface area contributed by atoms with Crippen molar-refractivity contribution in [1.29, 1.82) is 0 Å². The van der Waals surface area contributed by atoms with Crippen LogP contribution in [0.5, 0.6) is 0 Å². The lowest BCUT2D eigenvalue weighted by Crippen LogP contribution is -2.36. The van der Waals surface area contributed by atoms with Crippen LogP contribution in [-0.2, 0) is 4.74 Å². The average molecular weight is 301 g/mol. The zero-order chi connectivity index (χ0) is 15.4. The van der Waals surface area contributed by atoms with Gasteiger partial charge in [-0.2, -0.15) is 0 Å². The van der Waals surface area contributed by atoms with Gasteiger partial charge in [0.15, 0.2) is 11.3 Å². The van der Waals surface area contributed by atoms with E-state index < -0.39 is 0 Å². The second-order valence-corrected chi connectivity index (χ2v) is 5.02. The minimum Gasteiger partial charge on any atom is -0.441 e. The first-order valence-electron chi connectivity index (χ1n) is 7.12. The number of hydrogen-bond acceptors (Lipinski definition) is 4. The molecule has 0 radical (unpaired) electrons. The fraction of sp³-hybridized carbons (Fsp3) is 0.235. The fourth-order valence-electron chi connectivity index (χ4n) is 2.26. The molecule has 4 nitrogen and oxygen atoms in total. The second-order valence-electron chi connectivity index (χ2n) is 5.02. The monoisotopic (exact) mass is 301 g/mol. The molecule has 1 aromatic carbocycles. The van der Waals surface area contributed by atoms with E-state index in [2.05, 4.69) is 0 Å². The van der Waals surface area contributed by atoms with E-state index in [1.54, 1.807) is 24.3 Å². The minimum absolute atomic E-state index is 0.105. The molecular formula is C17H16FNO3. The molecule has 22 heavy (non-hydrogen) atoms. The molecule has 1 aromatic heterocycles. The largest absolute Gasteiger partial charge is 0.441 e. The SMILES string of the molecule is O=c1cc(/C=C/c2ccc(F)cc2)oc(N2CCOCC2)c1. The minimum atomic E-state index is -0.280. The van der Waals surface area contributed by atoms with Gasteiger partial charge in [-0.05, 0) is 23.8 Å². The van der Waals surface area contributed by atoms with E-state index in [0.717, 1.165) is 5.56 Å². The van der Waals surface area contributed by atoms with Crippen LogP contribution in [0, 0.1) is 5.82 Å². The van der Waals surface area contributed by atoms with E-state index >= 15 is 0 Å². The van der Waals surface area contributed by atoms with E-state index in [0.29, 0.717) is 37.9 Å². The Morgan fingerprint density at radius 3 is 2.50 bits per heavy atom. The Kier molecular flexibility index (Phi) is 4.34. The van der Waals surface area contributed by atoms with Crippen LogP contribution in [0.25, 0.3) is 12.2 Å². The molecule has 2 heterocycles. The molecule has 0 amide bonds. The zero-order valence-corrected chi connectivity index (χ0v) is 12.0. The number of nitrogens with zero attached hydrogens (tertiary/aromatic N) is 1. The molecule has 0 spiro atoms. The van der Waals surface area contributed by atoms with E-state index in [-0.39, 0.29) is 11.2 Å². The lowest BCUT2D eigenvalue weighted by atomic mass is 10.2. The molecular weight excluding hydrogens is 285 g/mol. The molecule has 3 rings (SSSR count). The summed E-state index contributed by atoms with van der Waals surface area (Å²) in [6, 6.07) is 9.02. The summed E-state index contributed by atoms with van der Waals surface area (Å²) < 4.78 is 23.9. The zero-order valence-electron chi connectivity index (χ0n) is 12.0. The maximum atomic E-state index is 12.9. The lowest BCUT2D eigenvalue weighted by molar-refractivity contribution is 0.120. The Morgan fingerprint density at radius 1 is 1.05 bits per heavy atom. The number of morpholine rings is 1. The molecule has 1 aliphatic rings. The summed E-state index contributed by atoms with van der Waals surface area (Å²) in [5.41, 5.74) is 0.729. The Labute approximate surface area is 127 Å². The van der Waals surface area contributed by atoms with Gasteiger partial charge in [0.05, 0.1) is 13.2 Å². The van der Waals surface area contributed by atoms with Crippen molar-refractivity contribution in [1.82, 2.24) is 0 Å². The van der Waals surface area contributed by atoms with Crippen molar-refractivity contribution >= 4 is 18.0 Å². The van der Waals surface area contributed by atoms with E-state index in [4.69, 9.17) is 9.15 Å². The molecule has 2 aromatic rings. The van der Waals surface area contributed by atoms with Gasteiger partial charge >= 0.3 is 0 Å². The Bertz CT molecular complexity index is 715. The number of rotatable bonds is 3. The highest BCUT2D eigenvalue weighted by Gasteiger charge is 2.14. The lowest BCUT2D eigenvalue weighted by Gasteiger charge is -2.27. The Morgan fingerprint density at radius 2 is 1.77 bits per heavy atom. The fourth-order valence-corrected chi connectivity index (χ4v) is 2.26. The molecule has 114 valence electrons. The second kappa shape index (κ2) is 6.58. The van der Waals surface area contributed by atoms with Gasteiger partial charge in [0, 0.05) is 25.2 Å². The van der Waals surface area contributed by atoms with Crippen LogP contribution < -0.4 is 10.3 Å². The van der Waals surface area contributed by atoms with Crippen LogP contribution in [-0.4, -0.2) is 26.3 Å². The predicted molar refractivity (Wildman–Crippen MR) is 83.3 cm³/mol. The van der Waals surface area contributed by atoms with Gasteiger partial charge in [0.25, 0.3) is 0 Å². The highest BCUT2D eigenvalue weighted by Crippen LogP contribution is 2.17. The third kappa shape index (κ3) is 3.62. The molecule has 0 bridgehead atoms. The summed E-state index contributed by atoms with van der Waals surface area (Å²) in [6.07, 6.45) is 3.49. The van der Waals surface area contributed by atoms with E-state index in [1.165, 1.54) is 24.3 Å². The highest BCUT2D eigenvalue weighted by molar-refractivity contribution is 5.67. The summed E-state index contributed by atoms with van der Waals surface area (Å²) in [5.74, 6) is 0.742. The van der Waals surface area contributed by atoms with Crippen molar-refractivity contribution in [3.63, 3.8) is 0 Å². The number of hydrogen-bond donors (Lipinski definition) is 0. The van der Waals surface area contributed by atoms with Gasteiger partial charge in [0.1, 0.15) is 11.6 Å². The summed E-state index contributed by atoms with van der Waals surface area (Å²) in [5, 5.41) is 0. The summed E-state index contributed by atoms with van der Waals surface area (Å²) in [7, 11) is 0. The normalized spacial score (nSPS) is 15.4. The maximum absolute atomic E-state index is 12.9.